The lowest BCUT2D eigenvalue weighted by atomic mass is 10.1. The monoisotopic (exact) mass is 266 g/mol. The van der Waals surface area contributed by atoms with Gasteiger partial charge in [-0.3, -0.25) is 0 Å². The highest BCUT2D eigenvalue weighted by Crippen LogP contribution is 2.28. The zero-order valence-corrected chi connectivity index (χ0v) is 9.92. The summed E-state index contributed by atoms with van der Waals surface area (Å²) in [5, 5.41) is 18.1. The molecule has 1 rings (SSSR count). The predicted molar refractivity (Wildman–Crippen MR) is 59.9 cm³/mol. The molecule has 1 aromatic rings. The summed E-state index contributed by atoms with van der Waals surface area (Å²) in [5.41, 5.74) is 0.636. The first-order chi connectivity index (χ1) is 7.80. The minimum Gasteiger partial charge on any atom is -0.389 e. The Hall–Kier alpha value is -0.720. The van der Waals surface area contributed by atoms with Crippen molar-refractivity contribution in [1.29, 1.82) is 0 Å². The number of aliphatic hydroxyl groups is 2. The summed E-state index contributed by atoms with van der Waals surface area (Å²) in [6.07, 6.45) is -7.58. The first-order valence-corrected chi connectivity index (χ1v) is 5.95. The van der Waals surface area contributed by atoms with E-state index in [0.29, 0.717) is 10.5 Å². The molecule has 2 unspecified atom stereocenters. The van der Waals surface area contributed by atoms with Crippen molar-refractivity contribution in [2.24, 2.45) is 0 Å². The molecule has 17 heavy (non-hydrogen) atoms. The van der Waals surface area contributed by atoms with Gasteiger partial charge in [0, 0.05) is 10.6 Å². The molecule has 2 nitrogen and oxygen atoms in total. The SMILES string of the molecule is CC(O)c1cccc(SCC(O)C(F)(F)F)c1. The highest BCUT2D eigenvalue weighted by atomic mass is 32.2. The third kappa shape index (κ3) is 4.57. The van der Waals surface area contributed by atoms with E-state index in [-0.39, 0.29) is 0 Å². The van der Waals surface area contributed by atoms with Crippen LogP contribution in [0.4, 0.5) is 13.2 Å². The largest absolute Gasteiger partial charge is 0.415 e. The van der Waals surface area contributed by atoms with E-state index in [1.165, 1.54) is 0 Å². The smallest absolute Gasteiger partial charge is 0.389 e. The average molecular weight is 266 g/mol. The Kier molecular flexibility index (Phi) is 4.85. The summed E-state index contributed by atoms with van der Waals surface area (Å²) in [6.45, 7) is 1.58. The van der Waals surface area contributed by atoms with Gasteiger partial charge in [-0.15, -0.1) is 11.8 Å². The summed E-state index contributed by atoms with van der Waals surface area (Å²) in [4.78, 5) is 0.590. The van der Waals surface area contributed by atoms with Gasteiger partial charge in [-0.1, -0.05) is 12.1 Å². The quantitative estimate of drug-likeness (QED) is 0.823. The van der Waals surface area contributed by atoms with E-state index in [9.17, 15) is 18.3 Å². The van der Waals surface area contributed by atoms with E-state index in [0.717, 1.165) is 11.8 Å². The van der Waals surface area contributed by atoms with Gasteiger partial charge in [0.25, 0.3) is 0 Å². The number of benzene rings is 1. The van der Waals surface area contributed by atoms with Gasteiger partial charge in [0.15, 0.2) is 6.10 Å². The lowest BCUT2D eigenvalue weighted by Gasteiger charge is -2.14. The molecule has 2 atom stereocenters. The summed E-state index contributed by atoms with van der Waals surface area (Å²) >= 11 is 0.906. The fourth-order valence-electron chi connectivity index (χ4n) is 1.13. The van der Waals surface area contributed by atoms with Gasteiger partial charge in [-0.25, -0.2) is 0 Å². The molecule has 1 aromatic carbocycles. The number of aliphatic hydroxyl groups excluding tert-OH is 2. The van der Waals surface area contributed by atoms with E-state index in [2.05, 4.69) is 0 Å². The molecule has 0 fully saturated rings. The number of halogens is 3. The molecule has 0 aromatic heterocycles. The number of hydrogen-bond donors (Lipinski definition) is 2. The second-order valence-corrected chi connectivity index (χ2v) is 4.71. The molecule has 0 aliphatic rings. The van der Waals surface area contributed by atoms with Crippen LogP contribution in [0.2, 0.25) is 0 Å². The van der Waals surface area contributed by atoms with Crippen molar-refractivity contribution in [1.82, 2.24) is 0 Å². The van der Waals surface area contributed by atoms with E-state index in [1.54, 1.807) is 31.2 Å². The number of hydrogen-bond acceptors (Lipinski definition) is 3. The molecule has 0 saturated heterocycles. The number of thioether (sulfide) groups is 1. The van der Waals surface area contributed by atoms with Crippen LogP contribution in [0.15, 0.2) is 29.2 Å². The molecular formula is C11H13F3O2S. The standard InChI is InChI=1S/C11H13F3O2S/c1-7(15)8-3-2-4-9(5-8)17-6-10(16)11(12,13)14/h2-5,7,10,15-16H,6H2,1H3. The normalized spacial score (nSPS) is 15.6. The molecule has 0 amide bonds. The van der Waals surface area contributed by atoms with E-state index < -0.39 is 24.1 Å². The predicted octanol–water partition coefficient (Wildman–Crippen LogP) is 2.76. The molecule has 0 aliphatic heterocycles. The van der Waals surface area contributed by atoms with Crippen LogP contribution in [0.25, 0.3) is 0 Å². The molecule has 6 heteroatoms. The Morgan fingerprint density at radius 3 is 2.47 bits per heavy atom. The van der Waals surface area contributed by atoms with Crippen LogP contribution in [-0.4, -0.2) is 28.2 Å². The van der Waals surface area contributed by atoms with Crippen molar-refractivity contribution in [2.45, 2.75) is 30.2 Å². The Bertz CT molecular complexity index is 366. The maximum absolute atomic E-state index is 12.1. The highest BCUT2D eigenvalue weighted by molar-refractivity contribution is 7.99. The lowest BCUT2D eigenvalue weighted by molar-refractivity contribution is -0.195. The van der Waals surface area contributed by atoms with E-state index in [1.807, 2.05) is 0 Å². The van der Waals surface area contributed by atoms with Crippen LogP contribution in [0.1, 0.15) is 18.6 Å². The van der Waals surface area contributed by atoms with Crippen molar-refractivity contribution >= 4 is 11.8 Å². The Balaban J connectivity index is 2.61. The van der Waals surface area contributed by atoms with Crippen LogP contribution in [0.5, 0.6) is 0 Å². The molecule has 96 valence electrons. The maximum Gasteiger partial charge on any atom is 0.415 e. The van der Waals surface area contributed by atoms with E-state index in [4.69, 9.17) is 5.11 Å². The zero-order valence-electron chi connectivity index (χ0n) is 9.11. The van der Waals surface area contributed by atoms with Gasteiger partial charge in [0.1, 0.15) is 0 Å². The lowest BCUT2D eigenvalue weighted by Crippen LogP contribution is -2.30. The minimum absolute atomic E-state index is 0.452. The summed E-state index contributed by atoms with van der Waals surface area (Å²) < 4.78 is 36.2. The molecular weight excluding hydrogens is 253 g/mol. The van der Waals surface area contributed by atoms with Crippen LogP contribution < -0.4 is 0 Å². The van der Waals surface area contributed by atoms with E-state index >= 15 is 0 Å². The molecule has 0 saturated carbocycles. The average Bonchev–Trinajstić information content (AvgIpc) is 2.25. The Labute approximate surface area is 101 Å². The molecule has 0 aliphatic carbocycles. The van der Waals surface area contributed by atoms with Gasteiger partial charge in [-0.2, -0.15) is 13.2 Å². The first kappa shape index (κ1) is 14.3. The topological polar surface area (TPSA) is 40.5 Å². The third-order valence-corrected chi connectivity index (χ3v) is 3.20. The first-order valence-electron chi connectivity index (χ1n) is 4.96. The second kappa shape index (κ2) is 5.75. The van der Waals surface area contributed by atoms with Crippen LogP contribution in [0.3, 0.4) is 0 Å². The van der Waals surface area contributed by atoms with Gasteiger partial charge < -0.3 is 10.2 Å². The summed E-state index contributed by atoms with van der Waals surface area (Å²) in [5.74, 6) is -0.452. The maximum atomic E-state index is 12.1. The van der Waals surface area contributed by atoms with Crippen molar-refractivity contribution in [3.8, 4) is 0 Å². The van der Waals surface area contributed by atoms with Gasteiger partial charge in [0.05, 0.1) is 6.10 Å². The minimum atomic E-state index is -4.59. The van der Waals surface area contributed by atoms with Crippen molar-refractivity contribution in [2.75, 3.05) is 5.75 Å². The Morgan fingerprint density at radius 1 is 1.29 bits per heavy atom. The Morgan fingerprint density at radius 2 is 1.94 bits per heavy atom. The number of alkyl halides is 3. The fourth-order valence-corrected chi connectivity index (χ4v) is 2.07. The van der Waals surface area contributed by atoms with Crippen molar-refractivity contribution in [3.63, 3.8) is 0 Å². The van der Waals surface area contributed by atoms with Crippen molar-refractivity contribution in [3.05, 3.63) is 29.8 Å². The molecule has 0 radical (unpaired) electrons. The fraction of sp³-hybridized carbons (Fsp3) is 0.455. The number of rotatable bonds is 4. The zero-order chi connectivity index (χ0) is 13.1. The molecule has 0 spiro atoms. The van der Waals surface area contributed by atoms with Crippen LogP contribution in [-0.2, 0) is 0 Å². The van der Waals surface area contributed by atoms with Gasteiger partial charge in [0.2, 0.25) is 0 Å². The third-order valence-electron chi connectivity index (χ3n) is 2.13. The van der Waals surface area contributed by atoms with Gasteiger partial charge in [-0.05, 0) is 24.6 Å². The van der Waals surface area contributed by atoms with Crippen LogP contribution >= 0.6 is 11.8 Å². The molecule has 2 N–H and O–H groups in total. The second-order valence-electron chi connectivity index (χ2n) is 3.62. The summed E-state index contributed by atoms with van der Waals surface area (Å²) in [6, 6.07) is 6.59. The molecule has 0 heterocycles. The van der Waals surface area contributed by atoms with Gasteiger partial charge >= 0.3 is 6.18 Å². The molecule has 0 bridgehead atoms. The highest BCUT2D eigenvalue weighted by Gasteiger charge is 2.37. The van der Waals surface area contributed by atoms with Crippen molar-refractivity contribution < 1.29 is 23.4 Å². The van der Waals surface area contributed by atoms with Crippen LogP contribution in [0, 0.1) is 0 Å². The summed E-state index contributed by atoms with van der Waals surface area (Å²) in [7, 11) is 0.